The number of nitrogens with one attached hydrogen (secondary N) is 1. The van der Waals surface area contributed by atoms with E-state index in [0.29, 0.717) is 6.04 Å². The Labute approximate surface area is 116 Å². The van der Waals surface area contributed by atoms with Gasteiger partial charge in [0.1, 0.15) is 0 Å². The Morgan fingerprint density at radius 2 is 2.06 bits per heavy atom. The lowest BCUT2D eigenvalue weighted by atomic mass is 10.1. The van der Waals surface area contributed by atoms with Gasteiger partial charge in [0.25, 0.3) is 0 Å². The van der Waals surface area contributed by atoms with Gasteiger partial charge in [0.05, 0.1) is 6.04 Å². The van der Waals surface area contributed by atoms with Gasteiger partial charge in [0.15, 0.2) is 0 Å². The minimum absolute atomic E-state index is 0.256. The second-order valence-corrected chi connectivity index (χ2v) is 5.60. The highest BCUT2D eigenvalue weighted by Crippen LogP contribution is 2.24. The van der Waals surface area contributed by atoms with Crippen molar-refractivity contribution in [2.24, 2.45) is 0 Å². The number of nitrogens with zero attached hydrogens (tertiary/aromatic N) is 2. The first kappa shape index (κ1) is 13.1. The average Bonchev–Trinajstić information content (AvgIpc) is 2.75. The van der Waals surface area contributed by atoms with Crippen LogP contribution in [-0.2, 0) is 0 Å². The molecule has 2 aromatic rings. The van der Waals surface area contributed by atoms with Crippen LogP contribution in [0.3, 0.4) is 0 Å². The van der Waals surface area contributed by atoms with Gasteiger partial charge in [0, 0.05) is 22.9 Å². The normalized spacial score (nSPS) is 12.7. The summed E-state index contributed by atoms with van der Waals surface area (Å²) in [4.78, 5) is 4.37. The standard InChI is InChI=1S/C14H18BrN3/c1-10(2)17-14-16-7-8-18(14)11(3)12-5-4-6-13(15)9-12/h4-11H,1-3H3,(H,16,17). The number of hydrogen-bond donors (Lipinski definition) is 1. The Hall–Kier alpha value is -1.29. The van der Waals surface area contributed by atoms with Gasteiger partial charge in [-0.25, -0.2) is 4.98 Å². The summed E-state index contributed by atoms with van der Waals surface area (Å²) in [6.07, 6.45) is 3.84. The van der Waals surface area contributed by atoms with Crippen molar-refractivity contribution in [2.75, 3.05) is 5.32 Å². The van der Waals surface area contributed by atoms with Crippen LogP contribution in [0.5, 0.6) is 0 Å². The predicted octanol–water partition coefficient (Wildman–Crippen LogP) is 4.08. The fourth-order valence-corrected chi connectivity index (χ4v) is 2.34. The molecule has 0 spiro atoms. The smallest absolute Gasteiger partial charge is 0.203 e. The lowest BCUT2D eigenvalue weighted by Gasteiger charge is -2.19. The van der Waals surface area contributed by atoms with Crippen LogP contribution in [0.2, 0.25) is 0 Å². The lowest BCUT2D eigenvalue weighted by Crippen LogP contribution is -2.16. The molecule has 1 unspecified atom stereocenters. The first-order valence-corrected chi connectivity index (χ1v) is 6.92. The van der Waals surface area contributed by atoms with Crippen molar-refractivity contribution in [1.82, 2.24) is 9.55 Å². The van der Waals surface area contributed by atoms with Crippen LogP contribution in [0, 0.1) is 0 Å². The average molecular weight is 308 g/mol. The van der Waals surface area contributed by atoms with Crippen LogP contribution in [0.15, 0.2) is 41.1 Å². The van der Waals surface area contributed by atoms with Gasteiger partial charge in [0.2, 0.25) is 5.95 Å². The van der Waals surface area contributed by atoms with Crippen LogP contribution in [0.1, 0.15) is 32.4 Å². The molecule has 1 aromatic heterocycles. The molecule has 1 N–H and O–H groups in total. The van der Waals surface area contributed by atoms with Crippen LogP contribution in [-0.4, -0.2) is 15.6 Å². The Morgan fingerprint density at radius 3 is 2.72 bits per heavy atom. The summed E-state index contributed by atoms with van der Waals surface area (Å²) in [6.45, 7) is 6.40. The molecule has 0 aliphatic heterocycles. The van der Waals surface area contributed by atoms with Gasteiger partial charge in [-0.1, -0.05) is 28.1 Å². The van der Waals surface area contributed by atoms with Crippen LogP contribution >= 0.6 is 15.9 Å². The molecule has 96 valence electrons. The number of aromatic nitrogens is 2. The fraction of sp³-hybridized carbons (Fsp3) is 0.357. The second kappa shape index (κ2) is 5.57. The van der Waals surface area contributed by atoms with Crippen molar-refractivity contribution in [1.29, 1.82) is 0 Å². The third-order valence-corrected chi connectivity index (χ3v) is 3.33. The number of anilines is 1. The van der Waals surface area contributed by atoms with Crippen LogP contribution < -0.4 is 5.32 Å². The molecule has 0 bridgehead atoms. The first-order valence-electron chi connectivity index (χ1n) is 6.12. The third kappa shape index (κ3) is 2.93. The molecule has 0 aliphatic carbocycles. The summed E-state index contributed by atoms with van der Waals surface area (Å²) in [6, 6.07) is 9.00. The minimum atomic E-state index is 0.256. The number of halogens is 1. The van der Waals surface area contributed by atoms with E-state index in [1.165, 1.54) is 5.56 Å². The zero-order valence-corrected chi connectivity index (χ0v) is 12.5. The summed E-state index contributed by atoms with van der Waals surface area (Å²) in [7, 11) is 0. The molecule has 0 aliphatic rings. The van der Waals surface area contributed by atoms with E-state index in [4.69, 9.17) is 0 Å². The van der Waals surface area contributed by atoms with Crippen molar-refractivity contribution >= 4 is 21.9 Å². The molecule has 1 heterocycles. The molecule has 2 rings (SSSR count). The van der Waals surface area contributed by atoms with Gasteiger partial charge in [-0.05, 0) is 38.5 Å². The molecular weight excluding hydrogens is 290 g/mol. The number of benzene rings is 1. The SMILES string of the molecule is CC(C)Nc1nccn1C(C)c1cccc(Br)c1. The quantitative estimate of drug-likeness (QED) is 0.922. The highest BCUT2D eigenvalue weighted by atomic mass is 79.9. The van der Waals surface area contributed by atoms with Gasteiger partial charge in [-0.15, -0.1) is 0 Å². The van der Waals surface area contributed by atoms with E-state index in [9.17, 15) is 0 Å². The molecule has 4 heteroatoms. The summed E-state index contributed by atoms with van der Waals surface area (Å²) < 4.78 is 3.26. The van der Waals surface area contributed by atoms with Crippen molar-refractivity contribution in [3.63, 3.8) is 0 Å². The van der Waals surface area contributed by atoms with Gasteiger partial charge < -0.3 is 9.88 Å². The van der Waals surface area contributed by atoms with Crippen molar-refractivity contribution in [3.05, 3.63) is 46.7 Å². The monoisotopic (exact) mass is 307 g/mol. The maximum Gasteiger partial charge on any atom is 0.203 e. The summed E-state index contributed by atoms with van der Waals surface area (Å²) in [5.41, 5.74) is 1.26. The largest absolute Gasteiger partial charge is 0.353 e. The Kier molecular flexibility index (Phi) is 4.07. The Balaban J connectivity index is 2.28. The second-order valence-electron chi connectivity index (χ2n) is 4.69. The fourth-order valence-electron chi connectivity index (χ4n) is 1.92. The molecule has 0 radical (unpaired) electrons. The van der Waals surface area contributed by atoms with E-state index in [2.05, 4.69) is 69.8 Å². The highest BCUT2D eigenvalue weighted by Gasteiger charge is 2.12. The Bertz CT molecular complexity index is 519. The summed E-state index contributed by atoms with van der Waals surface area (Å²) >= 11 is 3.51. The number of rotatable bonds is 4. The van der Waals surface area contributed by atoms with Crippen molar-refractivity contribution < 1.29 is 0 Å². The molecule has 0 fully saturated rings. The van der Waals surface area contributed by atoms with Crippen LogP contribution in [0.4, 0.5) is 5.95 Å². The Morgan fingerprint density at radius 1 is 1.28 bits per heavy atom. The molecular formula is C14H18BrN3. The molecule has 0 amide bonds. The van der Waals surface area contributed by atoms with E-state index >= 15 is 0 Å². The van der Waals surface area contributed by atoms with E-state index < -0.39 is 0 Å². The van der Waals surface area contributed by atoms with Crippen molar-refractivity contribution in [3.8, 4) is 0 Å². The maximum atomic E-state index is 4.37. The zero-order valence-electron chi connectivity index (χ0n) is 10.9. The van der Waals surface area contributed by atoms with Gasteiger partial charge >= 0.3 is 0 Å². The molecule has 3 nitrogen and oxygen atoms in total. The highest BCUT2D eigenvalue weighted by molar-refractivity contribution is 9.10. The molecule has 1 atom stereocenters. The first-order chi connectivity index (χ1) is 8.58. The van der Waals surface area contributed by atoms with E-state index in [-0.39, 0.29) is 6.04 Å². The lowest BCUT2D eigenvalue weighted by molar-refractivity contribution is 0.638. The minimum Gasteiger partial charge on any atom is -0.353 e. The maximum absolute atomic E-state index is 4.37. The van der Waals surface area contributed by atoms with E-state index in [1.54, 1.807) is 0 Å². The van der Waals surface area contributed by atoms with Gasteiger partial charge in [-0.2, -0.15) is 0 Å². The van der Waals surface area contributed by atoms with Crippen LogP contribution in [0.25, 0.3) is 0 Å². The molecule has 0 saturated heterocycles. The predicted molar refractivity (Wildman–Crippen MR) is 78.9 cm³/mol. The van der Waals surface area contributed by atoms with Crippen molar-refractivity contribution in [2.45, 2.75) is 32.9 Å². The molecule has 0 saturated carbocycles. The summed E-state index contributed by atoms with van der Waals surface area (Å²) in [5.74, 6) is 0.914. The number of hydrogen-bond acceptors (Lipinski definition) is 2. The topological polar surface area (TPSA) is 29.9 Å². The molecule has 1 aromatic carbocycles. The van der Waals surface area contributed by atoms with E-state index in [1.807, 2.05) is 18.5 Å². The van der Waals surface area contributed by atoms with E-state index in [0.717, 1.165) is 10.4 Å². The zero-order chi connectivity index (χ0) is 13.1. The third-order valence-electron chi connectivity index (χ3n) is 2.83. The van der Waals surface area contributed by atoms with Gasteiger partial charge in [-0.3, -0.25) is 0 Å². The summed E-state index contributed by atoms with van der Waals surface area (Å²) in [5, 5.41) is 3.36. The molecule has 18 heavy (non-hydrogen) atoms. The number of imidazole rings is 1.